The minimum absolute atomic E-state index is 0.130. The quantitative estimate of drug-likeness (QED) is 0.658. The van der Waals surface area contributed by atoms with Gasteiger partial charge in [-0.25, -0.2) is 4.79 Å². The lowest BCUT2D eigenvalue weighted by molar-refractivity contribution is -0.384. The SMILES string of the molecule is Cc1ccc(NC(=O)Nc2cccc(Cl)c2)c([N+](=O)[O-])c1. The van der Waals surface area contributed by atoms with Gasteiger partial charge in [0.1, 0.15) is 5.69 Å². The van der Waals surface area contributed by atoms with Crippen molar-refractivity contribution in [3.05, 3.63) is 63.2 Å². The number of urea groups is 1. The van der Waals surface area contributed by atoms with Crippen LogP contribution in [0.15, 0.2) is 42.5 Å². The maximum atomic E-state index is 11.9. The second-order valence-electron chi connectivity index (χ2n) is 4.37. The van der Waals surface area contributed by atoms with Gasteiger partial charge in [-0.15, -0.1) is 0 Å². The molecule has 0 atom stereocenters. The highest BCUT2D eigenvalue weighted by Gasteiger charge is 2.15. The van der Waals surface area contributed by atoms with Crippen LogP contribution in [0.3, 0.4) is 0 Å². The van der Waals surface area contributed by atoms with Crippen molar-refractivity contribution in [2.45, 2.75) is 6.92 Å². The summed E-state index contributed by atoms with van der Waals surface area (Å²) in [6.07, 6.45) is 0. The number of nitrogens with one attached hydrogen (secondary N) is 2. The lowest BCUT2D eigenvalue weighted by atomic mass is 10.2. The standard InChI is InChI=1S/C14H12ClN3O3/c1-9-5-6-12(13(7-9)18(20)21)17-14(19)16-11-4-2-3-10(15)8-11/h2-8H,1H3,(H2,16,17,19). The fourth-order valence-electron chi connectivity index (χ4n) is 1.75. The molecule has 7 heteroatoms. The third kappa shape index (κ3) is 3.93. The molecule has 0 radical (unpaired) electrons. The molecule has 0 unspecified atom stereocenters. The van der Waals surface area contributed by atoms with Crippen LogP contribution in [0.25, 0.3) is 0 Å². The number of hydrogen-bond acceptors (Lipinski definition) is 3. The predicted molar refractivity (Wildman–Crippen MR) is 81.9 cm³/mol. The Kier molecular flexibility index (Phi) is 4.39. The zero-order valence-corrected chi connectivity index (χ0v) is 11.8. The van der Waals surface area contributed by atoms with Gasteiger partial charge < -0.3 is 10.6 Å². The number of nitro groups is 1. The van der Waals surface area contributed by atoms with Gasteiger partial charge in [-0.3, -0.25) is 10.1 Å². The van der Waals surface area contributed by atoms with Crippen molar-refractivity contribution < 1.29 is 9.72 Å². The number of nitrogens with zero attached hydrogens (tertiary/aromatic N) is 1. The van der Waals surface area contributed by atoms with Crippen molar-refractivity contribution in [3.8, 4) is 0 Å². The van der Waals surface area contributed by atoms with Gasteiger partial charge in [-0.1, -0.05) is 23.7 Å². The highest BCUT2D eigenvalue weighted by Crippen LogP contribution is 2.25. The smallest absolute Gasteiger partial charge is 0.308 e. The summed E-state index contributed by atoms with van der Waals surface area (Å²) in [6.45, 7) is 1.74. The van der Waals surface area contributed by atoms with E-state index < -0.39 is 11.0 Å². The number of anilines is 2. The number of nitro benzene ring substituents is 1. The van der Waals surface area contributed by atoms with Crippen LogP contribution >= 0.6 is 11.6 Å². The average Bonchev–Trinajstić information content (AvgIpc) is 2.40. The highest BCUT2D eigenvalue weighted by molar-refractivity contribution is 6.30. The molecule has 2 rings (SSSR count). The van der Waals surface area contributed by atoms with Crippen molar-refractivity contribution in [3.63, 3.8) is 0 Å². The third-order valence-corrected chi connectivity index (χ3v) is 2.92. The Morgan fingerprint density at radius 1 is 1.19 bits per heavy atom. The van der Waals surface area contributed by atoms with Crippen molar-refractivity contribution in [1.29, 1.82) is 0 Å². The normalized spacial score (nSPS) is 10.0. The van der Waals surface area contributed by atoms with E-state index in [1.54, 1.807) is 37.3 Å². The molecule has 0 fully saturated rings. The van der Waals surface area contributed by atoms with Crippen molar-refractivity contribution in [1.82, 2.24) is 0 Å². The van der Waals surface area contributed by atoms with Crippen LogP contribution in [0.2, 0.25) is 5.02 Å². The summed E-state index contributed by atoms with van der Waals surface area (Å²) in [7, 11) is 0. The number of aryl methyl sites for hydroxylation is 1. The Hall–Kier alpha value is -2.60. The minimum atomic E-state index is -0.579. The molecule has 2 aromatic rings. The van der Waals surface area contributed by atoms with E-state index >= 15 is 0 Å². The predicted octanol–water partition coefficient (Wildman–Crippen LogP) is 4.20. The lowest BCUT2D eigenvalue weighted by Gasteiger charge is -2.08. The minimum Gasteiger partial charge on any atom is -0.308 e. The molecule has 108 valence electrons. The number of hydrogen-bond donors (Lipinski definition) is 2. The molecule has 0 bridgehead atoms. The number of halogens is 1. The van der Waals surface area contributed by atoms with E-state index in [2.05, 4.69) is 10.6 Å². The second kappa shape index (κ2) is 6.23. The zero-order valence-electron chi connectivity index (χ0n) is 11.1. The van der Waals surface area contributed by atoms with Gasteiger partial charge in [0.05, 0.1) is 4.92 Å². The van der Waals surface area contributed by atoms with Gasteiger partial charge in [0.2, 0.25) is 0 Å². The molecule has 0 heterocycles. The summed E-state index contributed by atoms with van der Waals surface area (Å²) in [6, 6.07) is 10.6. The fourth-order valence-corrected chi connectivity index (χ4v) is 1.94. The van der Waals surface area contributed by atoms with Gasteiger partial charge in [0.15, 0.2) is 0 Å². The topological polar surface area (TPSA) is 84.3 Å². The molecule has 2 aromatic carbocycles. The van der Waals surface area contributed by atoms with E-state index in [1.807, 2.05) is 0 Å². The first-order valence-corrected chi connectivity index (χ1v) is 6.42. The number of amides is 2. The van der Waals surface area contributed by atoms with Crippen LogP contribution in [0.4, 0.5) is 21.9 Å². The van der Waals surface area contributed by atoms with E-state index in [-0.39, 0.29) is 11.4 Å². The summed E-state index contributed by atoms with van der Waals surface area (Å²) in [5.74, 6) is 0. The number of benzene rings is 2. The first-order chi connectivity index (χ1) is 9.95. The first-order valence-electron chi connectivity index (χ1n) is 6.04. The Bertz CT molecular complexity index is 704. The molecular formula is C14H12ClN3O3. The van der Waals surface area contributed by atoms with Gasteiger partial charge in [0.25, 0.3) is 5.69 Å². The van der Waals surface area contributed by atoms with Crippen LogP contribution in [0.5, 0.6) is 0 Å². The van der Waals surface area contributed by atoms with E-state index in [1.165, 1.54) is 12.1 Å². The van der Waals surface area contributed by atoms with Gasteiger partial charge in [0, 0.05) is 16.8 Å². The van der Waals surface area contributed by atoms with Crippen LogP contribution in [0.1, 0.15) is 5.56 Å². The van der Waals surface area contributed by atoms with Crippen LogP contribution < -0.4 is 10.6 Å². The summed E-state index contributed by atoms with van der Waals surface area (Å²) in [5, 5.41) is 16.5. The van der Waals surface area contributed by atoms with E-state index in [9.17, 15) is 14.9 Å². The number of rotatable bonds is 3. The molecule has 21 heavy (non-hydrogen) atoms. The monoisotopic (exact) mass is 305 g/mol. The Morgan fingerprint density at radius 3 is 2.62 bits per heavy atom. The molecule has 0 aliphatic carbocycles. The Morgan fingerprint density at radius 2 is 1.95 bits per heavy atom. The summed E-state index contributed by atoms with van der Waals surface area (Å²) >= 11 is 5.81. The number of carbonyl (C=O) groups excluding carboxylic acids is 1. The van der Waals surface area contributed by atoms with Crippen LogP contribution in [-0.2, 0) is 0 Å². The average molecular weight is 306 g/mol. The molecule has 0 aliphatic rings. The molecule has 2 amide bonds. The van der Waals surface area contributed by atoms with Crippen molar-refractivity contribution in [2.75, 3.05) is 10.6 Å². The fraction of sp³-hybridized carbons (Fsp3) is 0.0714. The molecule has 0 spiro atoms. The Balaban J connectivity index is 2.15. The Labute approximate surface area is 125 Å². The van der Waals surface area contributed by atoms with Crippen molar-refractivity contribution >= 4 is 34.7 Å². The van der Waals surface area contributed by atoms with E-state index in [0.717, 1.165) is 5.56 Å². The third-order valence-electron chi connectivity index (χ3n) is 2.68. The van der Waals surface area contributed by atoms with Crippen LogP contribution in [-0.4, -0.2) is 11.0 Å². The molecule has 0 aromatic heterocycles. The molecule has 0 aliphatic heterocycles. The second-order valence-corrected chi connectivity index (χ2v) is 4.80. The largest absolute Gasteiger partial charge is 0.323 e. The summed E-state index contributed by atoms with van der Waals surface area (Å²) in [4.78, 5) is 22.3. The molecule has 6 nitrogen and oxygen atoms in total. The maximum Gasteiger partial charge on any atom is 0.323 e. The lowest BCUT2D eigenvalue weighted by Crippen LogP contribution is -2.20. The van der Waals surface area contributed by atoms with E-state index in [0.29, 0.717) is 10.7 Å². The van der Waals surface area contributed by atoms with E-state index in [4.69, 9.17) is 11.6 Å². The molecule has 2 N–H and O–H groups in total. The van der Waals surface area contributed by atoms with Gasteiger partial charge >= 0.3 is 6.03 Å². The summed E-state index contributed by atoms with van der Waals surface area (Å²) in [5.41, 5.74) is 1.21. The first kappa shape index (κ1) is 14.8. The zero-order chi connectivity index (χ0) is 15.4. The molecule has 0 saturated carbocycles. The summed E-state index contributed by atoms with van der Waals surface area (Å²) < 4.78 is 0. The maximum absolute atomic E-state index is 11.9. The van der Waals surface area contributed by atoms with Gasteiger partial charge in [-0.2, -0.15) is 0 Å². The van der Waals surface area contributed by atoms with Gasteiger partial charge in [-0.05, 0) is 36.8 Å². The number of carbonyl (C=O) groups is 1. The van der Waals surface area contributed by atoms with Crippen molar-refractivity contribution in [2.24, 2.45) is 0 Å². The highest BCUT2D eigenvalue weighted by atomic mass is 35.5. The molecule has 0 saturated heterocycles. The molecular weight excluding hydrogens is 294 g/mol. The van der Waals surface area contributed by atoms with Crippen LogP contribution in [0, 0.1) is 17.0 Å².